The molecule has 2 heterocycles. The summed E-state index contributed by atoms with van der Waals surface area (Å²) in [5.74, 6) is -0.405. The average molecular weight is 340 g/mol. The molecule has 0 saturated carbocycles. The Kier molecular flexibility index (Phi) is 5.08. The fourth-order valence-corrected chi connectivity index (χ4v) is 2.46. The lowest BCUT2D eigenvalue weighted by molar-refractivity contribution is -0.120. The number of rotatable bonds is 6. The zero-order chi connectivity index (χ0) is 17.6. The number of nitrogens with one attached hydrogen (secondary N) is 2. The summed E-state index contributed by atoms with van der Waals surface area (Å²) in [6, 6.07) is 10.3. The summed E-state index contributed by atoms with van der Waals surface area (Å²) in [4.78, 5) is 28.8. The Morgan fingerprint density at radius 1 is 1.28 bits per heavy atom. The van der Waals surface area contributed by atoms with E-state index in [0.717, 1.165) is 13.0 Å². The van der Waals surface area contributed by atoms with E-state index in [9.17, 15) is 9.59 Å². The number of carbonyl (C=O) groups is 2. The van der Waals surface area contributed by atoms with E-state index in [-0.39, 0.29) is 17.6 Å². The van der Waals surface area contributed by atoms with Crippen molar-refractivity contribution in [1.29, 1.82) is 0 Å². The Balaban J connectivity index is 1.58. The van der Waals surface area contributed by atoms with E-state index in [1.165, 1.54) is 5.01 Å². The van der Waals surface area contributed by atoms with Gasteiger partial charge in [-0.2, -0.15) is 5.10 Å². The van der Waals surface area contributed by atoms with Gasteiger partial charge in [-0.1, -0.05) is 18.2 Å². The third-order valence-electron chi connectivity index (χ3n) is 3.76. The summed E-state index contributed by atoms with van der Waals surface area (Å²) < 4.78 is 1.81. The van der Waals surface area contributed by atoms with Gasteiger partial charge in [0.25, 0.3) is 11.8 Å². The van der Waals surface area contributed by atoms with E-state index < -0.39 is 6.04 Å². The number of amides is 2. The number of aryl methyl sites for hydroxylation is 1. The summed E-state index contributed by atoms with van der Waals surface area (Å²) in [6.45, 7) is 2.88. The Morgan fingerprint density at radius 3 is 2.80 bits per heavy atom. The Bertz CT molecular complexity index is 757. The van der Waals surface area contributed by atoms with Gasteiger partial charge in [0, 0.05) is 25.5 Å². The molecule has 0 spiro atoms. The quantitative estimate of drug-likeness (QED) is 0.758. The molecule has 0 aliphatic carbocycles. The summed E-state index contributed by atoms with van der Waals surface area (Å²) >= 11 is 0. The molecule has 25 heavy (non-hydrogen) atoms. The molecule has 0 unspecified atom stereocenters. The fraction of sp³-hybridized carbons (Fsp3) is 0.294. The number of nitrogens with zero attached hydrogens (tertiary/aromatic N) is 4. The van der Waals surface area contributed by atoms with Gasteiger partial charge in [0.05, 0.1) is 5.69 Å². The number of benzene rings is 1. The molecule has 130 valence electrons. The number of amidine groups is 1. The van der Waals surface area contributed by atoms with Gasteiger partial charge in [-0.15, -0.1) is 0 Å². The molecular formula is C17H20N6O2. The summed E-state index contributed by atoms with van der Waals surface area (Å²) in [7, 11) is 0. The van der Waals surface area contributed by atoms with E-state index in [0.29, 0.717) is 12.2 Å². The molecule has 1 aliphatic heterocycles. The van der Waals surface area contributed by atoms with Crippen LogP contribution in [0.15, 0.2) is 53.8 Å². The van der Waals surface area contributed by atoms with Crippen LogP contribution in [-0.4, -0.2) is 40.0 Å². The van der Waals surface area contributed by atoms with Crippen molar-refractivity contribution in [1.82, 2.24) is 20.5 Å². The highest BCUT2D eigenvalue weighted by atomic mass is 16.2. The predicted octanol–water partition coefficient (Wildman–Crippen LogP) is 0.728. The van der Waals surface area contributed by atoms with Gasteiger partial charge in [-0.25, -0.2) is 10.0 Å². The van der Waals surface area contributed by atoms with Crippen molar-refractivity contribution in [2.24, 2.45) is 4.99 Å². The van der Waals surface area contributed by atoms with Crippen molar-refractivity contribution >= 4 is 23.3 Å². The number of anilines is 1. The van der Waals surface area contributed by atoms with Crippen LogP contribution in [0.4, 0.5) is 5.69 Å². The molecular weight excluding hydrogens is 320 g/mol. The van der Waals surface area contributed by atoms with Gasteiger partial charge in [0.15, 0.2) is 0 Å². The minimum absolute atomic E-state index is 0.134. The summed E-state index contributed by atoms with van der Waals surface area (Å²) in [5, 5.41) is 8.28. The average Bonchev–Trinajstić information content (AvgIpc) is 3.15. The third kappa shape index (κ3) is 4.03. The minimum atomic E-state index is -0.619. The van der Waals surface area contributed by atoms with Crippen molar-refractivity contribution in [3.8, 4) is 0 Å². The van der Waals surface area contributed by atoms with Gasteiger partial charge < -0.3 is 5.32 Å². The van der Waals surface area contributed by atoms with Crippen molar-refractivity contribution in [3.63, 3.8) is 0 Å². The van der Waals surface area contributed by atoms with Gasteiger partial charge in [0.2, 0.25) is 5.84 Å². The number of hydrogen-bond acceptors (Lipinski definition) is 5. The zero-order valence-electron chi connectivity index (χ0n) is 13.9. The van der Waals surface area contributed by atoms with Crippen LogP contribution < -0.4 is 15.8 Å². The first-order valence-corrected chi connectivity index (χ1v) is 8.14. The van der Waals surface area contributed by atoms with Crippen LogP contribution in [0.5, 0.6) is 0 Å². The lowest BCUT2D eigenvalue weighted by Gasteiger charge is -2.30. The molecule has 8 heteroatoms. The third-order valence-corrected chi connectivity index (χ3v) is 3.76. The summed E-state index contributed by atoms with van der Waals surface area (Å²) in [5.41, 5.74) is 3.47. The van der Waals surface area contributed by atoms with Gasteiger partial charge in [0.1, 0.15) is 6.04 Å². The molecule has 0 radical (unpaired) electrons. The molecule has 0 saturated heterocycles. The SMILES string of the molecule is C[C@H]1N=C(C(=O)NCCCn2cccn2)NN(c2ccccc2)C1=O. The van der Waals surface area contributed by atoms with E-state index in [4.69, 9.17) is 0 Å². The highest BCUT2D eigenvalue weighted by Crippen LogP contribution is 2.15. The first kappa shape index (κ1) is 16.7. The molecule has 1 atom stereocenters. The molecule has 2 amide bonds. The monoisotopic (exact) mass is 340 g/mol. The van der Waals surface area contributed by atoms with Crippen LogP contribution in [0.1, 0.15) is 13.3 Å². The lowest BCUT2D eigenvalue weighted by atomic mass is 10.2. The van der Waals surface area contributed by atoms with Crippen LogP contribution in [0.25, 0.3) is 0 Å². The second-order valence-corrected chi connectivity index (χ2v) is 5.65. The van der Waals surface area contributed by atoms with Crippen molar-refractivity contribution in [2.75, 3.05) is 11.6 Å². The minimum Gasteiger partial charge on any atom is -0.349 e. The van der Waals surface area contributed by atoms with Crippen LogP contribution in [-0.2, 0) is 16.1 Å². The van der Waals surface area contributed by atoms with E-state index in [1.54, 1.807) is 29.9 Å². The normalized spacial score (nSPS) is 17.0. The summed E-state index contributed by atoms with van der Waals surface area (Å²) in [6.07, 6.45) is 4.34. The van der Waals surface area contributed by atoms with Gasteiger partial charge in [-0.05, 0) is 31.5 Å². The van der Waals surface area contributed by atoms with Gasteiger partial charge >= 0.3 is 0 Å². The largest absolute Gasteiger partial charge is 0.349 e. The first-order chi connectivity index (χ1) is 12.1. The number of carbonyl (C=O) groups excluding carboxylic acids is 2. The Labute approximate surface area is 145 Å². The highest BCUT2D eigenvalue weighted by molar-refractivity contribution is 6.39. The topological polar surface area (TPSA) is 91.6 Å². The van der Waals surface area contributed by atoms with E-state index >= 15 is 0 Å². The molecule has 0 bridgehead atoms. The number of hydrazine groups is 1. The van der Waals surface area contributed by atoms with Crippen LogP contribution in [0.2, 0.25) is 0 Å². The van der Waals surface area contributed by atoms with E-state index in [1.807, 2.05) is 30.5 Å². The molecule has 2 N–H and O–H groups in total. The number of aliphatic imine (C=N–C) groups is 1. The zero-order valence-corrected chi connectivity index (χ0v) is 13.9. The number of para-hydroxylation sites is 1. The van der Waals surface area contributed by atoms with Crippen molar-refractivity contribution < 1.29 is 9.59 Å². The maximum absolute atomic E-state index is 12.3. The molecule has 1 aromatic carbocycles. The standard InChI is InChI=1S/C17H20N6O2/c1-13-17(25)23(14-7-3-2-4-8-14)21-15(20-13)16(24)18-9-5-11-22-12-6-10-19-22/h2-4,6-8,10,12-13H,5,9,11H2,1H3,(H,18,24)(H,20,21)/t13-/m1/s1. The smallest absolute Gasteiger partial charge is 0.288 e. The first-order valence-electron chi connectivity index (χ1n) is 8.14. The number of aromatic nitrogens is 2. The fourth-order valence-electron chi connectivity index (χ4n) is 2.46. The van der Waals surface area contributed by atoms with Crippen LogP contribution >= 0.6 is 0 Å². The van der Waals surface area contributed by atoms with Crippen molar-refractivity contribution in [2.45, 2.75) is 25.9 Å². The van der Waals surface area contributed by atoms with Crippen molar-refractivity contribution in [3.05, 3.63) is 48.8 Å². The Morgan fingerprint density at radius 2 is 2.08 bits per heavy atom. The van der Waals surface area contributed by atoms with Crippen LogP contribution in [0, 0.1) is 0 Å². The maximum atomic E-state index is 12.3. The molecule has 3 rings (SSSR count). The van der Waals surface area contributed by atoms with Crippen LogP contribution in [0.3, 0.4) is 0 Å². The number of hydrogen-bond donors (Lipinski definition) is 2. The molecule has 1 aromatic heterocycles. The second-order valence-electron chi connectivity index (χ2n) is 5.65. The second kappa shape index (κ2) is 7.61. The molecule has 1 aliphatic rings. The highest BCUT2D eigenvalue weighted by Gasteiger charge is 2.30. The molecule has 2 aromatic rings. The Hall–Kier alpha value is -3.16. The maximum Gasteiger partial charge on any atom is 0.288 e. The molecule has 8 nitrogen and oxygen atoms in total. The van der Waals surface area contributed by atoms with E-state index in [2.05, 4.69) is 20.8 Å². The molecule has 0 fully saturated rings. The van der Waals surface area contributed by atoms with Gasteiger partial charge in [-0.3, -0.25) is 19.7 Å². The lowest BCUT2D eigenvalue weighted by Crippen LogP contribution is -2.58. The predicted molar refractivity (Wildman–Crippen MR) is 93.8 cm³/mol.